The van der Waals surface area contributed by atoms with Gasteiger partial charge >= 0.3 is 0 Å². The molecule has 2 aromatic rings. The van der Waals surface area contributed by atoms with Crippen molar-refractivity contribution in [1.29, 1.82) is 5.26 Å². The summed E-state index contributed by atoms with van der Waals surface area (Å²) in [5.74, 6) is -0.110. The molecule has 0 saturated heterocycles. The van der Waals surface area contributed by atoms with Gasteiger partial charge in [-0.3, -0.25) is 4.79 Å². The van der Waals surface area contributed by atoms with Crippen molar-refractivity contribution in [3.63, 3.8) is 0 Å². The van der Waals surface area contributed by atoms with Crippen LogP contribution in [0.3, 0.4) is 0 Å². The summed E-state index contributed by atoms with van der Waals surface area (Å²) >= 11 is 0. The third-order valence-electron chi connectivity index (χ3n) is 2.54. The van der Waals surface area contributed by atoms with E-state index in [0.717, 1.165) is 16.8 Å². The number of anilines is 1. The fourth-order valence-electron chi connectivity index (χ4n) is 1.80. The minimum atomic E-state index is -0.110. The Bertz CT molecular complexity index is 626. The summed E-state index contributed by atoms with van der Waals surface area (Å²) in [4.78, 5) is 11.0. The van der Waals surface area contributed by atoms with Gasteiger partial charge in [-0.25, -0.2) is 0 Å². The Morgan fingerprint density at radius 2 is 1.94 bits per heavy atom. The topological polar surface area (TPSA) is 52.9 Å². The summed E-state index contributed by atoms with van der Waals surface area (Å²) in [6.45, 7) is 1.47. The van der Waals surface area contributed by atoms with Crippen molar-refractivity contribution >= 4 is 11.6 Å². The molecule has 1 N–H and O–H groups in total. The maximum Gasteiger partial charge on any atom is 0.221 e. The van der Waals surface area contributed by atoms with Gasteiger partial charge in [-0.05, 0) is 29.3 Å². The van der Waals surface area contributed by atoms with Gasteiger partial charge in [0.25, 0.3) is 0 Å². The zero-order valence-electron chi connectivity index (χ0n) is 9.97. The molecular weight excluding hydrogens is 224 g/mol. The van der Waals surface area contributed by atoms with Crippen LogP contribution in [-0.4, -0.2) is 5.91 Å². The Morgan fingerprint density at radius 1 is 1.17 bits per heavy atom. The van der Waals surface area contributed by atoms with Crippen LogP contribution in [0.15, 0.2) is 48.5 Å². The Morgan fingerprint density at radius 3 is 2.67 bits per heavy atom. The number of nitrogens with one attached hydrogen (secondary N) is 1. The quantitative estimate of drug-likeness (QED) is 0.870. The SMILES string of the molecule is CC(=O)Nc1cccc(-c2ccccc2C#N)c1. The van der Waals surface area contributed by atoms with E-state index in [2.05, 4.69) is 11.4 Å². The molecule has 88 valence electrons. The molecule has 2 aromatic carbocycles. The van der Waals surface area contributed by atoms with Gasteiger partial charge in [0.2, 0.25) is 5.91 Å². The molecule has 18 heavy (non-hydrogen) atoms. The lowest BCUT2D eigenvalue weighted by atomic mass is 10.00. The van der Waals surface area contributed by atoms with Crippen molar-refractivity contribution in [1.82, 2.24) is 0 Å². The number of nitriles is 1. The van der Waals surface area contributed by atoms with E-state index >= 15 is 0 Å². The Kier molecular flexibility index (Phi) is 3.40. The van der Waals surface area contributed by atoms with Crippen molar-refractivity contribution in [2.24, 2.45) is 0 Å². The average molecular weight is 236 g/mol. The summed E-state index contributed by atoms with van der Waals surface area (Å²) in [6, 6.07) is 17.0. The van der Waals surface area contributed by atoms with E-state index in [4.69, 9.17) is 5.26 Å². The third-order valence-corrected chi connectivity index (χ3v) is 2.54. The molecular formula is C15H12N2O. The number of carbonyl (C=O) groups is 1. The van der Waals surface area contributed by atoms with E-state index < -0.39 is 0 Å². The molecule has 3 heteroatoms. The first-order valence-corrected chi connectivity index (χ1v) is 5.58. The highest BCUT2D eigenvalue weighted by Gasteiger charge is 2.04. The fourth-order valence-corrected chi connectivity index (χ4v) is 1.80. The fraction of sp³-hybridized carbons (Fsp3) is 0.0667. The Balaban J connectivity index is 2.45. The minimum Gasteiger partial charge on any atom is -0.326 e. The molecule has 0 aliphatic carbocycles. The molecule has 0 saturated carbocycles. The van der Waals surface area contributed by atoms with Crippen molar-refractivity contribution in [3.05, 3.63) is 54.1 Å². The van der Waals surface area contributed by atoms with Crippen LogP contribution in [0, 0.1) is 11.3 Å². The molecule has 1 amide bonds. The Labute approximate surface area is 106 Å². The summed E-state index contributed by atoms with van der Waals surface area (Å²) in [5, 5.41) is 11.8. The summed E-state index contributed by atoms with van der Waals surface area (Å²) in [6.07, 6.45) is 0. The number of amides is 1. The molecule has 0 aliphatic heterocycles. The zero-order chi connectivity index (χ0) is 13.0. The predicted molar refractivity (Wildman–Crippen MR) is 70.9 cm³/mol. The van der Waals surface area contributed by atoms with Gasteiger partial charge in [-0.1, -0.05) is 30.3 Å². The molecule has 3 nitrogen and oxygen atoms in total. The molecule has 0 spiro atoms. The van der Waals surface area contributed by atoms with Crippen LogP contribution in [0.25, 0.3) is 11.1 Å². The highest BCUT2D eigenvalue weighted by atomic mass is 16.1. The van der Waals surface area contributed by atoms with Gasteiger partial charge in [0, 0.05) is 12.6 Å². The van der Waals surface area contributed by atoms with Crippen molar-refractivity contribution in [2.45, 2.75) is 6.92 Å². The minimum absolute atomic E-state index is 0.110. The molecule has 0 atom stereocenters. The van der Waals surface area contributed by atoms with E-state index in [1.54, 1.807) is 6.07 Å². The van der Waals surface area contributed by atoms with Crippen LogP contribution in [0.4, 0.5) is 5.69 Å². The van der Waals surface area contributed by atoms with Crippen LogP contribution in [0.2, 0.25) is 0 Å². The van der Waals surface area contributed by atoms with Gasteiger partial charge in [0.05, 0.1) is 11.6 Å². The first kappa shape index (κ1) is 11.9. The maximum atomic E-state index is 11.0. The monoisotopic (exact) mass is 236 g/mol. The smallest absolute Gasteiger partial charge is 0.221 e. The van der Waals surface area contributed by atoms with Crippen LogP contribution in [0.5, 0.6) is 0 Å². The average Bonchev–Trinajstić information content (AvgIpc) is 2.38. The molecule has 0 aromatic heterocycles. The van der Waals surface area contributed by atoms with Gasteiger partial charge in [-0.2, -0.15) is 5.26 Å². The van der Waals surface area contributed by atoms with Crippen molar-refractivity contribution in [3.8, 4) is 17.2 Å². The molecule has 0 radical (unpaired) electrons. The van der Waals surface area contributed by atoms with Gasteiger partial charge < -0.3 is 5.32 Å². The summed E-state index contributed by atoms with van der Waals surface area (Å²) in [5.41, 5.74) is 3.14. The van der Waals surface area contributed by atoms with Gasteiger partial charge in [0.15, 0.2) is 0 Å². The van der Waals surface area contributed by atoms with E-state index in [-0.39, 0.29) is 5.91 Å². The molecule has 0 fully saturated rings. The van der Waals surface area contributed by atoms with Gasteiger partial charge in [-0.15, -0.1) is 0 Å². The molecule has 0 bridgehead atoms. The molecule has 2 rings (SSSR count). The predicted octanol–water partition coefficient (Wildman–Crippen LogP) is 3.18. The standard InChI is InChI=1S/C15H12N2O/c1-11(18)17-14-7-4-6-12(9-14)15-8-3-2-5-13(15)10-16/h2-9H,1H3,(H,17,18). The normalized spacial score (nSPS) is 9.56. The first-order valence-electron chi connectivity index (χ1n) is 5.58. The first-order chi connectivity index (χ1) is 8.70. The number of nitrogens with zero attached hydrogens (tertiary/aromatic N) is 1. The Hall–Kier alpha value is -2.60. The van der Waals surface area contributed by atoms with Crippen molar-refractivity contribution < 1.29 is 4.79 Å². The summed E-state index contributed by atoms with van der Waals surface area (Å²) < 4.78 is 0. The van der Waals surface area contributed by atoms with Crippen LogP contribution in [-0.2, 0) is 4.79 Å². The highest BCUT2D eigenvalue weighted by molar-refractivity contribution is 5.89. The lowest BCUT2D eigenvalue weighted by Gasteiger charge is -2.07. The van der Waals surface area contributed by atoms with Crippen LogP contribution in [0.1, 0.15) is 12.5 Å². The van der Waals surface area contributed by atoms with Gasteiger partial charge in [0.1, 0.15) is 0 Å². The zero-order valence-corrected chi connectivity index (χ0v) is 9.97. The van der Waals surface area contributed by atoms with E-state index in [1.807, 2.05) is 42.5 Å². The second-order valence-corrected chi connectivity index (χ2v) is 3.92. The van der Waals surface area contributed by atoms with E-state index in [9.17, 15) is 4.79 Å². The molecule has 0 unspecified atom stereocenters. The number of rotatable bonds is 2. The highest BCUT2D eigenvalue weighted by Crippen LogP contribution is 2.25. The van der Waals surface area contributed by atoms with E-state index in [1.165, 1.54) is 6.92 Å². The van der Waals surface area contributed by atoms with Crippen LogP contribution < -0.4 is 5.32 Å². The number of hydrogen-bond donors (Lipinski definition) is 1. The summed E-state index contributed by atoms with van der Waals surface area (Å²) in [7, 11) is 0. The third kappa shape index (κ3) is 2.55. The second kappa shape index (κ2) is 5.15. The lowest BCUT2D eigenvalue weighted by molar-refractivity contribution is -0.114. The largest absolute Gasteiger partial charge is 0.326 e. The molecule has 0 aliphatic rings. The number of hydrogen-bond acceptors (Lipinski definition) is 2. The molecule has 0 heterocycles. The van der Waals surface area contributed by atoms with E-state index in [0.29, 0.717) is 5.56 Å². The van der Waals surface area contributed by atoms with Crippen molar-refractivity contribution in [2.75, 3.05) is 5.32 Å². The number of carbonyl (C=O) groups excluding carboxylic acids is 1. The van der Waals surface area contributed by atoms with Crippen LogP contribution >= 0.6 is 0 Å². The lowest BCUT2D eigenvalue weighted by Crippen LogP contribution is -2.05. The number of benzene rings is 2. The second-order valence-electron chi connectivity index (χ2n) is 3.92. The maximum absolute atomic E-state index is 11.0.